The average molecular weight is 313 g/mol. The molecule has 3 rings (SSSR count). The minimum absolute atomic E-state index is 0.125. The van der Waals surface area contributed by atoms with Crippen LogP contribution in [0.15, 0.2) is 36.7 Å². The Morgan fingerprint density at radius 3 is 2.43 bits per heavy atom. The number of anilines is 1. The summed E-state index contributed by atoms with van der Waals surface area (Å²) in [6.45, 7) is 5.56. The lowest BCUT2D eigenvalue weighted by Crippen LogP contribution is -2.46. The molecule has 2 atom stereocenters. The standard InChI is InChI=1S/C17H19N3O3/c1-12-9-20(10-13(2)22-12)16-17(19-8-7-18-16)23-15-5-3-14(11-21)4-6-15/h3-8,11-13H,9-10H2,1-2H3. The summed E-state index contributed by atoms with van der Waals surface area (Å²) in [6.07, 6.45) is 4.31. The highest BCUT2D eigenvalue weighted by atomic mass is 16.5. The van der Waals surface area contributed by atoms with Crippen LogP contribution in [0.5, 0.6) is 11.6 Å². The van der Waals surface area contributed by atoms with Gasteiger partial charge in [0.25, 0.3) is 5.88 Å². The second-order valence-electron chi connectivity index (χ2n) is 5.64. The zero-order valence-corrected chi connectivity index (χ0v) is 13.2. The van der Waals surface area contributed by atoms with E-state index in [2.05, 4.69) is 14.9 Å². The molecule has 0 aliphatic carbocycles. The molecule has 0 saturated carbocycles. The fourth-order valence-corrected chi connectivity index (χ4v) is 2.68. The first kappa shape index (κ1) is 15.4. The summed E-state index contributed by atoms with van der Waals surface area (Å²) < 4.78 is 11.6. The van der Waals surface area contributed by atoms with E-state index < -0.39 is 0 Å². The molecule has 120 valence electrons. The van der Waals surface area contributed by atoms with E-state index in [1.165, 1.54) is 0 Å². The largest absolute Gasteiger partial charge is 0.436 e. The molecule has 23 heavy (non-hydrogen) atoms. The number of hydrogen-bond donors (Lipinski definition) is 0. The van der Waals surface area contributed by atoms with E-state index in [-0.39, 0.29) is 12.2 Å². The van der Waals surface area contributed by atoms with Gasteiger partial charge in [-0.15, -0.1) is 0 Å². The summed E-state index contributed by atoms with van der Waals surface area (Å²) in [5.74, 6) is 1.77. The lowest BCUT2D eigenvalue weighted by molar-refractivity contribution is -0.00558. The molecule has 2 unspecified atom stereocenters. The number of ether oxygens (including phenoxy) is 2. The summed E-state index contributed by atoms with van der Waals surface area (Å²) in [5.41, 5.74) is 0.604. The van der Waals surface area contributed by atoms with Crippen molar-refractivity contribution >= 4 is 12.1 Å². The van der Waals surface area contributed by atoms with Gasteiger partial charge in [0, 0.05) is 31.0 Å². The lowest BCUT2D eigenvalue weighted by Gasteiger charge is -2.36. The normalized spacial score (nSPS) is 21.0. The molecule has 1 aromatic carbocycles. The third-order valence-electron chi connectivity index (χ3n) is 3.60. The van der Waals surface area contributed by atoms with Crippen LogP contribution in [0.3, 0.4) is 0 Å². The molecule has 1 fully saturated rings. The first-order valence-corrected chi connectivity index (χ1v) is 7.60. The van der Waals surface area contributed by atoms with Crippen molar-refractivity contribution in [3.8, 4) is 11.6 Å². The molecule has 0 N–H and O–H groups in total. The molecule has 0 spiro atoms. The molecule has 6 nitrogen and oxygen atoms in total. The number of carbonyl (C=O) groups is 1. The first-order valence-electron chi connectivity index (χ1n) is 7.60. The Labute approximate surface area is 135 Å². The molecule has 1 aliphatic heterocycles. The SMILES string of the molecule is CC1CN(c2nccnc2Oc2ccc(C=O)cc2)CC(C)O1. The van der Waals surface area contributed by atoms with E-state index in [4.69, 9.17) is 9.47 Å². The molecule has 0 amide bonds. The fourth-order valence-electron chi connectivity index (χ4n) is 2.68. The second kappa shape index (κ2) is 6.75. The number of nitrogens with zero attached hydrogens (tertiary/aromatic N) is 3. The van der Waals surface area contributed by atoms with Gasteiger partial charge < -0.3 is 14.4 Å². The Kier molecular flexibility index (Phi) is 4.52. The Morgan fingerprint density at radius 1 is 1.13 bits per heavy atom. The van der Waals surface area contributed by atoms with Gasteiger partial charge in [0.2, 0.25) is 0 Å². The minimum Gasteiger partial charge on any atom is -0.436 e. The van der Waals surface area contributed by atoms with Gasteiger partial charge in [-0.1, -0.05) is 0 Å². The maximum absolute atomic E-state index is 10.7. The minimum atomic E-state index is 0.125. The lowest BCUT2D eigenvalue weighted by atomic mass is 10.2. The van der Waals surface area contributed by atoms with Gasteiger partial charge in [0.15, 0.2) is 5.82 Å². The number of benzene rings is 1. The monoisotopic (exact) mass is 313 g/mol. The highest BCUT2D eigenvalue weighted by Crippen LogP contribution is 2.29. The first-order chi connectivity index (χ1) is 11.2. The maximum atomic E-state index is 10.7. The molecule has 6 heteroatoms. The molecule has 0 bridgehead atoms. The van der Waals surface area contributed by atoms with Crippen molar-refractivity contribution in [2.75, 3.05) is 18.0 Å². The zero-order valence-electron chi connectivity index (χ0n) is 13.2. The van der Waals surface area contributed by atoms with Gasteiger partial charge in [-0.25, -0.2) is 9.97 Å². The summed E-state index contributed by atoms with van der Waals surface area (Å²) in [6, 6.07) is 6.90. The smallest absolute Gasteiger partial charge is 0.263 e. The third-order valence-corrected chi connectivity index (χ3v) is 3.60. The van der Waals surface area contributed by atoms with E-state index in [1.54, 1.807) is 36.7 Å². The van der Waals surface area contributed by atoms with Crippen molar-refractivity contribution in [1.29, 1.82) is 0 Å². The summed E-state index contributed by atoms with van der Waals surface area (Å²) >= 11 is 0. The van der Waals surface area contributed by atoms with E-state index in [0.29, 0.717) is 23.0 Å². The van der Waals surface area contributed by atoms with Gasteiger partial charge in [-0.2, -0.15) is 0 Å². The van der Waals surface area contributed by atoms with Gasteiger partial charge in [-0.3, -0.25) is 4.79 Å². The van der Waals surface area contributed by atoms with Crippen molar-refractivity contribution in [2.24, 2.45) is 0 Å². The molecular formula is C17H19N3O3. The van der Waals surface area contributed by atoms with Crippen LogP contribution in [-0.2, 0) is 4.74 Å². The number of carbonyl (C=O) groups excluding carboxylic acids is 1. The van der Waals surface area contributed by atoms with Crippen molar-refractivity contribution in [2.45, 2.75) is 26.1 Å². The molecule has 1 aliphatic rings. The van der Waals surface area contributed by atoms with Crippen LogP contribution in [0.2, 0.25) is 0 Å². The number of morpholine rings is 1. The number of rotatable bonds is 4. The average Bonchev–Trinajstić information content (AvgIpc) is 2.55. The Hall–Kier alpha value is -2.47. The number of hydrogen-bond acceptors (Lipinski definition) is 6. The van der Waals surface area contributed by atoms with Crippen LogP contribution >= 0.6 is 0 Å². The van der Waals surface area contributed by atoms with Crippen molar-refractivity contribution < 1.29 is 14.3 Å². The highest BCUT2D eigenvalue weighted by molar-refractivity contribution is 5.74. The third kappa shape index (κ3) is 3.65. The molecular weight excluding hydrogens is 294 g/mol. The van der Waals surface area contributed by atoms with E-state index >= 15 is 0 Å². The summed E-state index contributed by atoms with van der Waals surface area (Å²) in [5, 5.41) is 0. The van der Waals surface area contributed by atoms with Crippen molar-refractivity contribution in [1.82, 2.24) is 9.97 Å². The van der Waals surface area contributed by atoms with Crippen LogP contribution in [0.4, 0.5) is 5.82 Å². The predicted octanol–water partition coefficient (Wildman–Crippen LogP) is 2.70. The Morgan fingerprint density at radius 2 is 1.78 bits per heavy atom. The quantitative estimate of drug-likeness (QED) is 0.809. The predicted molar refractivity (Wildman–Crippen MR) is 86.2 cm³/mol. The molecule has 1 aromatic heterocycles. The fraction of sp³-hybridized carbons (Fsp3) is 0.353. The van der Waals surface area contributed by atoms with E-state index in [1.807, 2.05) is 13.8 Å². The van der Waals surface area contributed by atoms with Crippen LogP contribution in [-0.4, -0.2) is 41.6 Å². The molecule has 1 saturated heterocycles. The van der Waals surface area contributed by atoms with Crippen molar-refractivity contribution in [3.63, 3.8) is 0 Å². The topological polar surface area (TPSA) is 64.5 Å². The molecule has 0 radical (unpaired) electrons. The highest BCUT2D eigenvalue weighted by Gasteiger charge is 2.26. The van der Waals surface area contributed by atoms with Crippen LogP contribution in [0, 0.1) is 0 Å². The van der Waals surface area contributed by atoms with E-state index in [0.717, 1.165) is 19.4 Å². The molecule has 2 heterocycles. The van der Waals surface area contributed by atoms with E-state index in [9.17, 15) is 4.79 Å². The van der Waals surface area contributed by atoms with Crippen LogP contribution in [0.25, 0.3) is 0 Å². The maximum Gasteiger partial charge on any atom is 0.263 e. The number of aldehydes is 1. The van der Waals surface area contributed by atoms with Crippen molar-refractivity contribution in [3.05, 3.63) is 42.2 Å². The second-order valence-corrected chi connectivity index (χ2v) is 5.64. The van der Waals surface area contributed by atoms with Gasteiger partial charge in [0.05, 0.1) is 12.2 Å². The number of aromatic nitrogens is 2. The Bertz CT molecular complexity index is 665. The van der Waals surface area contributed by atoms with Gasteiger partial charge in [-0.05, 0) is 38.1 Å². The van der Waals surface area contributed by atoms with Gasteiger partial charge >= 0.3 is 0 Å². The zero-order chi connectivity index (χ0) is 16.2. The summed E-state index contributed by atoms with van der Waals surface area (Å²) in [7, 11) is 0. The summed E-state index contributed by atoms with van der Waals surface area (Å²) in [4.78, 5) is 21.6. The van der Waals surface area contributed by atoms with Crippen LogP contribution < -0.4 is 9.64 Å². The van der Waals surface area contributed by atoms with Gasteiger partial charge in [0.1, 0.15) is 12.0 Å². The van der Waals surface area contributed by atoms with Crippen LogP contribution in [0.1, 0.15) is 24.2 Å². The Balaban J connectivity index is 1.83. The molecule has 2 aromatic rings.